The van der Waals surface area contributed by atoms with Crippen molar-refractivity contribution >= 4 is 29.1 Å². The standard InChI is InChI=1S/C12H18N2O2S/c1-14(6-7-17-3)11-5-4-9(13)8-10(11)12(15)16-2/h4-5,8H,6-7,13H2,1-3H3. The fraction of sp³-hybridized carbons (Fsp3) is 0.417. The largest absolute Gasteiger partial charge is 0.465 e. The predicted octanol–water partition coefficient (Wildman–Crippen LogP) is 1.85. The number of carbonyl (C=O) groups is 1. The Morgan fingerprint density at radius 1 is 1.53 bits per heavy atom. The summed E-state index contributed by atoms with van der Waals surface area (Å²) in [5.74, 6) is 0.643. The lowest BCUT2D eigenvalue weighted by atomic mass is 10.1. The van der Waals surface area contributed by atoms with Crippen LogP contribution >= 0.6 is 11.8 Å². The second kappa shape index (κ2) is 6.39. The Morgan fingerprint density at radius 3 is 2.82 bits per heavy atom. The molecule has 0 aliphatic carbocycles. The fourth-order valence-electron chi connectivity index (χ4n) is 1.51. The van der Waals surface area contributed by atoms with Crippen LogP contribution in [0, 0.1) is 0 Å². The number of thioether (sulfide) groups is 1. The average Bonchev–Trinajstić information content (AvgIpc) is 2.34. The van der Waals surface area contributed by atoms with Gasteiger partial charge in [-0.15, -0.1) is 0 Å². The Hall–Kier alpha value is -1.36. The van der Waals surface area contributed by atoms with E-state index in [2.05, 4.69) is 6.26 Å². The van der Waals surface area contributed by atoms with Crippen LogP contribution in [0.15, 0.2) is 18.2 Å². The summed E-state index contributed by atoms with van der Waals surface area (Å²) in [6.45, 7) is 0.870. The van der Waals surface area contributed by atoms with Crippen molar-refractivity contribution in [2.24, 2.45) is 0 Å². The zero-order valence-electron chi connectivity index (χ0n) is 10.4. The van der Waals surface area contributed by atoms with Gasteiger partial charge in [-0.05, 0) is 24.5 Å². The molecule has 0 fully saturated rings. The van der Waals surface area contributed by atoms with Gasteiger partial charge in [0.1, 0.15) is 0 Å². The maximum absolute atomic E-state index is 11.7. The Morgan fingerprint density at radius 2 is 2.24 bits per heavy atom. The quantitative estimate of drug-likeness (QED) is 0.642. The molecule has 0 atom stereocenters. The van der Waals surface area contributed by atoms with Gasteiger partial charge in [-0.2, -0.15) is 11.8 Å². The molecular formula is C12H18N2O2S. The number of esters is 1. The van der Waals surface area contributed by atoms with Crippen LogP contribution in [0.5, 0.6) is 0 Å². The van der Waals surface area contributed by atoms with E-state index in [0.717, 1.165) is 18.0 Å². The minimum absolute atomic E-state index is 0.358. The summed E-state index contributed by atoms with van der Waals surface area (Å²) in [4.78, 5) is 13.7. The molecule has 4 nitrogen and oxygen atoms in total. The number of carbonyl (C=O) groups excluding carboxylic acids is 1. The maximum Gasteiger partial charge on any atom is 0.340 e. The highest BCUT2D eigenvalue weighted by Crippen LogP contribution is 2.23. The van der Waals surface area contributed by atoms with Crippen LogP contribution in [0.4, 0.5) is 11.4 Å². The van der Waals surface area contributed by atoms with Gasteiger partial charge in [0.05, 0.1) is 18.4 Å². The van der Waals surface area contributed by atoms with Crippen molar-refractivity contribution < 1.29 is 9.53 Å². The molecule has 94 valence electrons. The third-order valence-corrected chi connectivity index (χ3v) is 3.06. The van der Waals surface area contributed by atoms with Gasteiger partial charge in [0.2, 0.25) is 0 Å². The van der Waals surface area contributed by atoms with Gasteiger partial charge in [0.15, 0.2) is 0 Å². The van der Waals surface area contributed by atoms with Crippen LogP contribution in [0.3, 0.4) is 0 Å². The van der Waals surface area contributed by atoms with E-state index in [1.165, 1.54) is 7.11 Å². The Bertz CT molecular complexity index is 396. The highest BCUT2D eigenvalue weighted by Gasteiger charge is 2.14. The number of anilines is 2. The van der Waals surface area contributed by atoms with E-state index < -0.39 is 0 Å². The average molecular weight is 254 g/mol. The number of benzene rings is 1. The summed E-state index contributed by atoms with van der Waals surface area (Å²) >= 11 is 1.77. The summed E-state index contributed by atoms with van der Waals surface area (Å²) in [5.41, 5.74) is 7.61. The Kier molecular flexibility index (Phi) is 5.15. The maximum atomic E-state index is 11.7. The molecule has 0 heterocycles. The summed E-state index contributed by atoms with van der Waals surface area (Å²) < 4.78 is 4.76. The van der Waals surface area contributed by atoms with Crippen molar-refractivity contribution in [2.45, 2.75) is 0 Å². The highest BCUT2D eigenvalue weighted by atomic mass is 32.2. The zero-order chi connectivity index (χ0) is 12.8. The molecule has 0 radical (unpaired) electrons. The van der Waals surface area contributed by atoms with E-state index >= 15 is 0 Å². The van der Waals surface area contributed by atoms with Gasteiger partial charge >= 0.3 is 5.97 Å². The molecule has 2 N–H and O–H groups in total. The number of hydrogen-bond acceptors (Lipinski definition) is 5. The number of nitrogens with zero attached hydrogens (tertiary/aromatic N) is 1. The highest BCUT2D eigenvalue weighted by molar-refractivity contribution is 7.98. The van der Waals surface area contributed by atoms with E-state index in [-0.39, 0.29) is 5.97 Å². The minimum atomic E-state index is -0.358. The van der Waals surface area contributed by atoms with Gasteiger partial charge in [-0.3, -0.25) is 0 Å². The number of nitrogen functional groups attached to an aromatic ring is 1. The number of rotatable bonds is 5. The lowest BCUT2D eigenvalue weighted by molar-refractivity contribution is 0.0601. The number of ether oxygens (including phenoxy) is 1. The smallest absolute Gasteiger partial charge is 0.340 e. The van der Waals surface area contributed by atoms with Gasteiger partial charge in [0.25, 0.3) is 0 Å². The number of methoxy groups -OCH3 is 1. The van der Waals surface area contributed by atoms with E-state index in [4.69, 9.17) is 10.5 Å². The third-order valence-electron chi connectivity index (χ3n) is 2.47. The Balaban J connectivity index is 3.01. The molecule has 0 spiro atoms. The molecule has 5 heteroatoms. The summed E-state index contributed by atoms with van der Waals surface area (Å²) in [7, 11) is 3.32. The molecule has 1 aromatic carbocycles. The minimum Gasteiger partial charge on any atom is -0.465 e. The molecule has 0 saturated heterocycles. The number of hydrogen-bond donors (Lipinski definition) is 1. The van der Waals surface area contributed by atoms with Crippen LogP contribution < -0.4 is 10.6 Å². The van der Waals surface area contributed by atoms with E-state index in [1.807, 2.05) is 18.0 Å². The van der Waals surface area contributed by atoms with Crippen molar-refractivity contribution in [1.29, 1.82) is 0 Å². The summed E-state index contributed by atoms with van der Waals surface area (Å²) in [6, 6.07) is 5.29. The second-order valence-corrected chi connectivity index (χ2v) is 4.67. The molecular weight excluding hydrogens is 236 g/mol. The first-order valence-electron chi connectivity index (χ1n) is 5.28. The van der Waals surface area contributed by atoms with Gasteiger partial charge < -0.3 is 15.4 Å². The monoisotopic (exact) mass is 254 g/mol. The topological polar surface area (TPSA) is 55.6 Å². The lowest BCUT2D eigenvalue weighted by Crippen LogP contribution is -2.23. The van der Waals surface area contributed by atoms with Crippen molar-refractivity contribution in [1.82, 2.24) is 0 Å². The lowest BCUT2D eigenvalue weighted by Gasteiger charge is -2.21. The van der Waals surface area contributed by atoms with Crippen LogP contribution in [-0.4, -0.2) is 38.7 Å². The molecule has 0 aromatic heterocycles. The zero-order valence-corrected chi connectivity index (χ0v) is 11.2. The first-order chi connectivity index (χ1) is 8.10. The SMILES string of the molecule is COC(=O)c1cc(N)ccc1N(C)CCSC. The fourth-order valence-corrected chi connectivity index (χ4v) is 1.97. The van der Waals surface area contributed by atoms with E-state index in [1.54, 1.807) is 23.9 Å². The van der Waals surface area contributed by atoms with E-state index in [9.17, 15) is 4.79 Å². The first-order valence-corrected chi connectivity index (χ1v) is 6.67. The van der Waals surface area contributed by atoms with E-state index in [0.29, 0.717) is 11.3 Å². The molecule has 0 bridgehead atoms. The first kappa shape index (κ1) is 13.7. The van der Waals surface area contributed by atoms with Crippen LogP contribution in [0.25, 0.3) is 0 Å². The van der Waals surface area contributed by atoms with Gasteiger partial charge in [-0.25, -0.2) is 4.79 Å². The van der Waals surface area contributed by atoms with Crippen LogP contribution in [-0.2, 0) is 4.74 Å². The molecule has 0 unspecified atom stereocenters. The molecule has 1 rings (SSSR count). The Labute approximate surface area is 106 Å². The molecule has 0 amide bonds. The van der Waals surface area contributed by atoms with Crippen molar-refractivity contribution in [3.8, 4) is 0 Å². The normalized spacial score (nSPS) is 10.1. The van der Waals surface area contributed by atoms with Gasteiger partial charge in [-0.1, -0.05) is 0 Å². The van der Waals surface area contributed by atoms with Gasteiger partial charge in [0, 0.05) is 25.0 Å². The van der Waals surface area contributed by atoms with Crippen molar-refractivity contribution in [2.75, 3.05) is 43.3 Å². The number of nitrogens with two attached hydrogens (primary N) is 1. The molecule has 0 aliphatic rings. The summed E-state index contributed by atoms with van der Waals surface area (Å²) in [5, 5.41) is 0. The molecule has 0 saturated carbocycles. The van der Waals surface area contributed by atoms with Crippen LogP contribution in [0.1, 0.15) is 10.4 Å². The second-order valence-electron chi connectivity index (χ2n) is 3.68. The molecule has 1 aromatic rings. The predicted molar refractivity (Wildman–Crippen MR) is 73.8 cm³/mol. The summed E-state index contributed by atoms with van der Waals surface area (Å²) in [6.07, 6.45) is 2.05. The third kappa shape index (κ3) is 3.56. The molecule has 17 heavy (non-hydrogen) atoms. The van der Waals surface area contributed by atoms with Crippen molar-refractivity contribution in [3.05, 3.63) is 23.8 Å². The van der Waals surface area contributed by atoms with Crippen molar-refractivity contribution in [3.63, 3.8) is 0 Å². The van der Waals surface area contributed by atoms with Crippen LogP contribution in [0.2, 0.25) is 0 Å². The molecule has 0 aliphatic heterocycles.